The number of hydrogen-bond donors (Lipinski definition) is 1. The molecule has 0 radical (unpaired) electrons. The lowest BCUT2D eigenvalue weighted by molar-refractivity contribution is -0.127. The highest BCUT2D eigenvalue weighted by molar-refractivity contribution is 5.82. The van der Waals surface area contributed by atoms with Crippen LogP contribution in [0.15, 0.2) is 24.3 Å². The molecule has 1 saturated heterocycles. The number of ether oxygens (including phenoxy) is 2. The van der Waals surface area contributed by atoms with Gasteiger partial charge >= 0.3 is 0 Å². The maximum Gasteiger partial charge on any atom is 0.237 e. The van der Waals surface area contributed by atoms with Crippen LogP contribution in [0.1, 0.15) is 24.9 Å². The molecule has 138 valence electrons. The van der Waals surface area contributed by atoms with Gasteiger partial charge in [0.2, 0.25) is 5.91 Å². The average Bonchev–Trinajstić information content (AvgIpc) is 2.66. The molecule has 25 heavy (non-hydrogen) atoms. The molecule has 0 aliphatic carbocycles. The Morgan fingerprint density at radius 2 is 2.08 bits per heavy atom. The summed E-state index contributed by atoms with van der Waals surface area (Å²) >= 11 is 0. The van der Waals surface area contributed by atoms with Gasteiger partial charge in [0.25, 0.3) is 0 Å². The molecule has 1 amide bonds. The fourth-order valence-corrected chi connectivity index (χ4v) is 3.54. The van der Waals surface area contributed by atoms with Crippen molar-refractivity contribution in [2.24, 2.45) is 0 Å². The zero-order valence-electron chi connectivity index (χ0n) is 15.2. The van der Waals surface area contributed by atoms with Crippen LogP contribution >= 0.6 is 0 Å². The van der Waals surface area contributed by atoms with Crippen molar-refractivity contribution in [1.29, 1.82) is 0 Å². The van der Waals surface area contributed by atoms with Crippen LogP contribution in [0.3, 0.4) is 0 Å². The molecule has 6 heteroatoms. The summed E-state index contributed by atoms with van der Waals surface area (Å²) in [6, 6.07) is 7.90. The molecule has 1 aromatic carbocycles. The first kappa shape index (κ1) is 18.2. The highest BCUT2D eigenvalue weighted by Gasteiger charge is 2.29. The van der Waals surface area contributed by atoms with Gasteiger partial charge < -0.3 is 14.8 Å². The van der Waals surface area contributed by atoms with Gasteiger partial charge in [0.05, 0.1) is 25.3 Å². The first-order valence-electron chi connectivity index (χ1n) is 9.16. The van der Waals surface area contributed by atoms with E-state index in [1.165, 1.54) is 0 Å². The Kier molecular flexibility index (Phi) is 6.29. The molecule has 0 aromatic heterocycles. The molecule has 1 aromatic rings. The molecule has 1 N–H and O–H groups in total. The number of carbonyl (C=O) groups is 1. The second kappa shape index (κ2) is 8.65. The fraction of sp³-hybridized carbons (Fsp3) is 0.632. The van der Waals surface area contributed by atoms with E-state index in [-0.39, 0.29) is 18.0 Å². The number of rotatable bonds is 6. The van der Waals surface area contributed by atoms with Crippen LogP contribution in [0.5, 0.6) is 5.75 Å². The SMILES string of the molecule is COCCN1CCN([C@H](C)C(=O)N[C@H]2CCOc3ccccc32)CC1. The molecular formula is C19H29N3O3. The van der Waals surface area contributed by atoms with Gasteiger partial charge in [-0.3, -0.25) is 14.6 Å². The third-order valence-electron chi connectivity index (χ3n) is 5.22. The van der Waals surface area contributed by atoms with Crippen LogP contribution in [0.25, 0.3) is 0 Å². The number of carbonyl (C=O) groups excluding carboxylic acids is 1. The highest BCUT2D eigenvalue weighted by atomic mass is 16.5. The number of amides is 1. The van der Waals surface area contributed by atoms with Crippen molar-refractivity contribution in [2.45, 2.75) is 25.4 Å². The van der Waals surface area contributed by atoms with E-state index < -0.39 is 0 Å². The van der Waals surface area contributed by atoms with Gasteiger partial charge in [0.15, 0.2) is 0 Å². The predicted molar refractivity (Wildman–Crippen MR) is 96.8 cm³/mol. The Morgan fingerprint density at radius 3 is 2.84 bits per heavy atom. The smallest absolute Gasteiger partial charge is 0.237 e. The minimum atomic E-state index is -0.111. The van der Waals surface area contributed by atoms with E-state index in [1.807, 2.05) is 31.2 Å². The molecule has 3 rings (SSSR count). The standard InChI is InChI=1S/C19H29N3O3/c1-15(22-10-8-21(9-11-22)12-14-24-2)19(23)20-17-7-13-25-18-6-4-3-5-16(17)18/h3-6,15,17H,7-14H2,1-2H3,(H,20,23)/t15-,17+/m1/s1. The summed E-state index contributed by atoms with van der Waals surface area (Å²) in [5.74, 6) is 0.991. The number of methoxy groups -OCH3 is 1. The van der Waals surface area contributed by atoms with E-state index >= 15 is 0 Å². The number of hydrogen-bond acceptors (Lipinski definition) is 5. The van der Waals surface area contributed by atoms with E-state index in [1.54, 1.807) is 7.11 Å². The van der Waals surface area contributed by atoms with Crippen LogP contribution in [-0.2, 0) is 9.53 Å². The second-order valence-electron chi connectivity index (χ2n) is 6.78. The molecule has 0 bridgehead atoms. The molecule has 2 atom stereocenters. The number of nitrogens with one attached hydrogen (secondary N) is 1. The van der Waals surface area contributed by atoms with Gasteiger partial charge in [-0.05, 0) is 13.0 Å². The van der Waals surface area contributed by atoms with E-state index in [0.29, 0.717) is 6.61 Å². The molecule has 0 unspecified atom stereocenters. The molecule has 0 saturated carbocycles. The monoisotopic (exact) mass is 347 g/mol. The topological polar surface area (TPSA) is 54.0 Å². The van der Waals surface area contributed by atoms with Crippen molar-refractivity contribution in [2.75, 3.05) is 53.0 Å². The number of fused-ring (bicyclic) bond motifs is 1. The molecular weight excluding hydrogens is 318 g/mol. The summed E-state index contributed by atoms with van der Waals surface area (Å²) < 4.78 is 10.8. The van der Waals surface area contributed by atoms with E-state index in [9.17, 15) is 4.79 Å². The Balaban J connectivity index is 1.52. The lowest BCUT2D eigenvalue weighted by atomic mass is 10.00. The number of benzene rings is 1. The number of nitrogens with zero attached hydrogens (tertiary/aromatic N) is 2. The van der Waals surface area contributed by atoms with E-state index in [0.717, 1.165) is 57.1 Å². The Hall–Kier alpha value is -1.63. The van der Waals surface area contributed by atoms with Gasteiger partial charge in [-0.2, -0.15) is 0 Å². The van der Waals surface area contributed by atoms with Crippen molar-refractivity contribution < 1.29 is 14.3 Å². The fourth-order valence-electron chi connectivity index (χ4n) is 3.54. The quantitative estimate of drug-likeness (QED) is 0.840. The highest BCUT2D eigenvalue weighted by Crippen LogP contribution is 2.31. The second-order valence-corrected chi connectivity index (χ2v) is 6.78. The summed E-state index contributed by atoms with van der Waals surface area (Å²) in [7, 11) is 1.73. The van der Waals surface area contributed by atoms with Crippen molar-refractivity contribution in [3.05, 3.63) is 29.8 Å². The van der Waals surface area contributed by atoms with Crippen LogP contribution in [0.2, 0.25) is 0 Å². The summed E-state index contributed by atoms with van der Waals surface area (Å²) in [5, 5.41) is 3.22. The summed E-state index contributed by atoms with van der Waals surface area (Å²) in [6.45, 7) is 8.19. The Bertz CT molecular complexity index is 573. The van der Waals surface area contributed by atoms with Gasteiger partial charge in [-0.15, -0.1) is 0 Å². The third-order valence-corrected chi connectivity index (χ3v) is 5.22. The molecule has 1 fully saturated rings. The average molecular weight is 347 g/mol. The minimum absolute atomic E-state index is 0.0443. The summed E-state index contributed by atoms with van der Waals surface area (Å²) in [4.78, 5) is 17.4. The summed E-state index contributed by atoms with van der Waals surface area (Å²) in [6.07, 6.45) is 0.820. The van der Waals surface area contributed by atoms with Crippen molar-refractivity contribution in [3.8, 4) is 5.75 Å². The molecule has 2 aliphatic heterocycles. The molecule has 0 spiro atoms. The maximum absolute atomic E-state index is 12.7. The molecule has 6 nitrogen and oxygen atoms in total. The van der Waals surface area contributed by atoms with Crippen LogP contribution in [0.4, 0.5) is 0 Å². The lowest BCUT2D eigenvalue weighted by Gasteiger charge is -2.38. The normalized spacial score (nSPS) is 22.7. The maximum atomic E-state index is 12.7. The van der Waals surface area contributed by atoms with Crippen LogP contribution in [0, 0.1) is 0 Å². The van der Waals surface area contributed by atoms with Gasteiger partial charge in [0.1, 0.15) is 5.75 Å². The van der Waals surface area contributed by atoms with Crippen molar-refractivity contribution in [3.63, 3.8) is 0 Å². The third kappa shape index (κ3) is 4.51. The largest absolute Gasteiger partial charge is 0.493 e. The van der Waals surface area contributed by atoms with E-state index in [4.69, 9.17) is 9.47 Å². The van der Waals surface area contributed by atoms with Crippen molar-refractivity contribution in [1.82, 2.24) is 15.1 Å². The van der Waals surface area contributed by atoms with Crippen LogP contribution in [-0.4, -0.2) is 74.8 Å². The first-order valence-corrected chi connectivity index (χ1v) is 9.16. The van der Waals surface area contributed by atoms with Gasteiger partial charge in [0, 0.05) is 51.8 Å². The van der Waals surface area contributed by atoms with Gasteiger partial charge in [-0.25, -0.2) is 0 Å². The van der Waals surface area contributed by atoms with E-state index in [2.05, 4.69) is 15.1 Å². The first-order chi connectivity index (χ1) is 12.2. The zero-order chi connectivity index (χ0) is 17.6. The molecule has 2 aliphatic rings. The number of piperazine rings is 1. The minimum Gasteiger partial charge on any atom is -0.493 e. The summed E-state index contributed by atoms with van der Waals surface area (Å²) in [5.41, 5.74) is 1.08. The zero-order valence-corrected chi connectivity index (χ0v) is 15.2. The number of para-hydroxylation sites is 1. The lowest BCUT2D eigenvalue weighted by Crippen LogP contribution is -2.54. The van der Waals surface area contributed by atoms with Crippen LogP contribution < -0.4 is 10.1 Å². The predicted octanol–water partition coefficient (Wildman–Crippen LogP) is 1.28. The van der Waals surface area contributed by atoms with Crippen molar-refractivity contribution >= 4 is 5.91 Å². The molecule has 2 heterocycles. The Labute approximate surface area is 150 Å². The Morgan fingerprint density at radius 1 is 1.32 bits per heavy atom. The van der Waals surface area contributed by atoms with Gasteiger partial charge in [-0.1, -0.05) is 18.2 Å².